The van der Waals surface area contributed by atoms with Crippen LogP contribution in [0.4, 0.5) is 10.5 Å². The van der Waals surface area contributed by atoms with Gasteiger partial charge in [0.25, 0.3) is 0 Å². The zero-order chi connectivity index (χ0) is 18.5. The molecule has 4 N–H and O–H groups in total. The summed E-state index contributed by atoms with van der Waals surface area (Å²) in [5, 5.41) is 29.4. The quantitative estimate of drug-likeness (QED) is 0.544. The van der Waals surface area contributed by atoms with E-state index < -0.39 is 18.3 Å². The molecule has 0 spiro atoms. The van der Waals surface area contributed by atoms with Gasteiger partial charge in [-0.3, -0.25) is 4.90 Å². The first-order valence-corrected chi connectivity index (χ1v) is 9.84. The summed E-state index contributed by atoms with van der Waals surface area (Å²) < 4.78 is 11.1. The Labute approximate surface area is 157 Å². The molecule has 2 aliphatic heterocycles. The molecule has 0 radical (unpaired) electrons. The van der Waals surface area contributed by atoms with Crippen LogP contribution < -0.4 is 10.6 Å². The molecule has 9 heteroatoms. The molecule has 2 aliphatic rings. The third-order valence-corrected chi connectivity index (χ3v) is 5.73. The lowest BCUT2D eigenvalue weighted by Gasteiger charge is -2.34. The maximum atomic E-state index is 12.1. The van der Waals surface area contributed by atoms with E-state index in [1.54, 1.807) is 7.11 Å². The fraction of sp³-hybridized carbons (Fsp3) is 0.706. The number of thiophene rings is 1. The molecule has 0 unspecified atom stereocenters. The van der Waals surface area contributed by atoms with Crippen LogP contribution in [-0.4, -0.2) is 85.0 Å². The fourth-order valence-electron chi connectivity index (χ4n) is 3.88. The normalized spacial score (nSPS) is 32.0. The van der Waals surface area contributed by atoms with E-state index in [1.165, 1.54) is 11.3 Å². The lowest BCUT2D eigenvalue weighted by molar-refractivity contribution is -0.0205. The number of likely N-dealkylation sites (tertiary alicyclic amines) is 1. The summed E-state index contributed by atoms with van der Waals surface area (Å²) in [4.78, 5) is 14.3. The molecule has 0 aromatic carbocycles. The Morgan fingerprint density at radius 3 is 3.04 bits per heavy atom. The van der Waals surface area contributed by atoms with Crippen LogP contribution >= 0.6 is 11.3 Å². The number of hydrogen-bond acceptors (Lipinski definition) is 7. The molecule has 0 bridgehead atoms. The highest BCUT2D eigenvalue weighted by Crippen LogP contribution is 2.31. The molecule has 2 fully saturated rings. The van der Waals surface area contributed by atoms with E-state index >= 15 is 0 Å². The van der Waals surface area contributed by atoms with Crippen molar-refractivity contribution >= 4 is 23.1 Å². The van der Waals surface area contributed by atoms with E-state index in [2.05, 4.69) is 15.5 Å². The fourth-order valence-corrected chi connectivity index (χ4v) is 4.47. The highest BCUT2D eigenvalue weighted by atomic mass is 32.1. The molecular weight excluding hydrogens is 358 g/mol. The third-order valence-electron chi connectivity index (χ3n) is 5.05. The summed E-state index contributed by atoms with van der Waals surface area (Å²) in [6, 6.07) is 1.44. The largest absolute Gasteiger partial charge is 0.394 e. The van der Waals surface area contributed by atoms with Crippen LogP contribution in [-0.2, 0) is 9.47 Å². The minimum Gasteiger partial charge on any atom is -0.394 e. The van der Waals surface area contributed by atoms with Gasteiger partial charge >= 0.3 is 6.03 Å². The number of carbonyl (C=O) groups excluding carboxylic acids is 1. The van der Waals surface area contributed by atoms with Crippen LogP contribution in [0, 0.1) is 0 Å². The summed E-state index contributed by atoms with van der Waals surface area (Å²) >= 11 is 1.50. The monoisotopic (exact) mass is 385 g/mol. The molecule has 1 aromatic heterocycles. The Hall–Kier alpha value is -1.23. The molecule has 2 saturated heterocycles. The second kappa shape index (κ2) is 9.12. The smallest absolute Gasteiger partial charge is 0.319 e. The van der Waals surface area contributed by atoms with Crippen molar-refractivity contribution in [2.24, 2.45) is 0 Å². The topological polar surface area (TPSA) is 103 Å². The first-order chi connectivity index (χ1) is 12.6. The van der Waals surface area contributed by atoms with E-state index in [9.17, 15) is 15.0 Å². The van der Waals surface area contributed by atoms with E-state index in [1.807, 2.05) is 16.8 Å². The van der Waals surface area contributed by atoms with Gasteiger partial charge in [0.15, 0.2) is 0 Å². The molecule has 8 nitrogen and oxygen atoms in total. The van der Waals surface area contributed by atoms with Crippen LogP contribution in [0.3, 0.4) is 0 Å². The first kappa shape index (κ1) is 19.5. The van der Waals surface area contributed by atoms with E-state index in [0.717, 1.165) is 25.1 Å². The van der Waals surface area contributed by atoms with Gasteiger partial charge in [0.05, 0.1) is 31.0 Å². The van der Waals surface area contributed by atoms with Gasteiger partial charge in [-0.25, -0.2) is 4.79 Å². The first-order valence-electron chi connectivity index (χ1n) is 8.90. The average molecular weight is 385 g/mol. The van der Waals surface area contributed by atoms with Crippen molar-refractivity contribution < 1.29 is 24.5 Å². The van der Waals surface area contributed by atoms with Gasteiger partial charge in [-0.1, -0.05) is 0 Å². The van der Waals surface area contributed by atoms with Gasteiger partial charge < -0.3 is 30.3 Å². The Balaban J connectivity index is 1.62. The van der Waals surface area contributed by atoms with Crippen molar-refractivity contribution in [1.82, 2.24) is 10.2 Å². The summed E-state index contributed by atoms with van der Waals surface area (Å²) in [5.41, 5.74) is 0.740. The van der Waals surface area contributed by atoms with Gasteiger partial charge in [-0.15, -0.1) is 0 Å². The van der Waals surface area contributed by atoms with Crippen molar-refractivity contribution in [1.29, 1.82) is 0 Å². The second-order valence-corrected chi connectivity index (χ2v) is 7.49. The molecular formula is C17H27N3O5S. The van der Waals surface area contributed by atoms with Crippen LogP contribution in [0.1, 0.15) is 12.8 Å². The predicted octanol–water partition coefficient (Wildman–Crippen LogP) is 0.470. The third kappa shape index (κ3) is 4.36. The van der Waals surface area contributed by atoms with Gasteiger partial charge in [-0.05, 0) is 30.8 Å². The Kier molecular flexibility index (Phi) is 6.85. The number of nitrogens with one attached hydrogen (secondary N) is 2. The van der Waals surface area contributed by atoms with E-state index in [4.69, 9.17) is 9.47 Å². The van der Waals surface area contributed by atoms with Crippen molar-refractivity contribution in [3.8, 4) is 0 Å². The Morgan fingerprint density at radius 1 is 1.50 bits per heavy atom. The van der Waals surface area contributed by atoms with Gasteiger partial charge in [-0.2, -0.15) is 11.3 Å². The van der Waals surface area contributed by atoms with Gasteiger partial charge in [0.1, 0.15) is 12.2 Å². The van der Waals surface area contributed by atoms with Crippen molar-refractivity contribution in [2.45, 2.75) is 43.2 Å². The van der Waals surface area contributed by atoms with Crippen LogP contribution in [0.25, 0.3) is 0 Å². The number of rotatable bonds is 7. The summed E-state index contributed by atoms with van der Waals surface area (Å²) in [6.07, 6.45) is 0.187. The average Bonchev–Trinajstić information content (AvgIpc) is 3.34. The summed E-state index contributed by atoms with van der Waals surface area (Å²) in [7, 11) is 1.67. The zero-order valence-corrected chi connectivity index (χ0v) is 15.7. The molecule has 26 heavy (non-hydrogen) atoms. The molecule has 2 amide bonds. The molecule has 3 heterocycles. The number of aliphatic hydroxyl groups excluding tert-OH is 2. The lowest BCUT2D eigenvalue weighted by atomic mass is 10.0. The van der Waals surface area contributed by atoms with Crippen LogP contribution in [0.5, 0.6) is 0 Å². The van der Waals surface area contributed by atoms with Gasteiger partial charge in [0, 0.05) is 25.1 Å². The number of carbonyl (C=O) groups is 1. The number of amides is 2. The molecule has 146 valence electrons. The minimum atomic E-state index is -0.802. The van der Waals surface area contributed by atoms with Crippen molar-refractivity contribution in [3.63, 3.8) is 0 Å². The Morgan fingerprint density at radius 2 is 2.35 bits per heavy atom. The molecule has 0 aliphatic carbocycles. The molecule has 0 saturated carbocycles. The standard InChI is InChI=1S/C17H27N3O5S/c1-24-9-12-3-2-5-20(12)15-13(25-14(8-21)16(15)22)7-18-17(23)19-11-4-6-26-10-11/h4,6,10,12-16,21-22H,2-3,5,7-9H2,1H3,(H2,18,19,23)/t12-,13+,14-,15+,16+/m0/s1. The number of hydrogen-bond donors (Lipinski definition) is 4. The van der Waals surface area contributed by atoms with Crippen LogP contribution in [0.2, 0.25) is 0 Å². The molecule has 1 aromatic rings. The SMILES string of the molecule is COC[C@@H]1CCCN1[C@H]1[C@H](O)[C@H](CO)O[C@@H]1CNC(=O)Nc1ccsc1. The number of methoxy groups -OCH3 is 1. The second-order valence-electron chi connectivity index (χ2n) is 6.71. The lowest BCUT2D eigenvalue weighted by Crippen LogP contribution is -2.53. The number of ether oxygens (including phenoxy) is 2. The minimum absolute atomic E-state index is 0.211. The zero-order valence-electron chi connectivity index (χ0n) is 14.8. The molecule has 5 atom stereocenters. The molecule has 3 rings (SSSR count). The summed E-state index contributed by atoms with van der Waals surface area (Å²) in [6.45, 7) is 1.43. The highest BCUT2D eigenvalue weighted by Gasteiger charge is 2.48. The van der Waals surface area contributed by atoms with Crippen LogP contribution in [0.15, 0.2) is 16.8 Å². The van der Waals surface area contributed by atoms with E-state index in [-0.39, 0.29) is 31.3 Å². The summed E-state index contributed by atoms with van der Waals surface area (Å²) in [5.74, 6) is 0. The maximum Gasteiger partial charge on any atom is 0.319 e. The maximum absolute atomic E-state index is 12.1. The number of nitrogens with zero attached hydrogens (tertiary/aromatic N) is 1. The number of anilines is 1. The van der Waals surface area contributed by atoms with Crippen molar-refractivity contribution in [3.05, 3.63) is 16.8 Å². The van der Waals surface area contributed by atoms with Gasteiger partial charge in [0.2, 0.25) is 0 Å². The number of urea groups is 1. The number of aliphatic hydroxyl groups is 2. The van der Waals surface area contributed by atoms with Crippen molar-refractivity contribution in [2.75, 3.05) is 38.7 Å². The predicted molar refractivity (Wildman–Crippen MR) is 98.5 cm³/mol. The highest BCUT2D eigenvalue weighted by molar-refractivity contribution is 7.08. The van der Waals surface area contributed by atoms with E-state index in [0.29, 0.717) is 6.61 Å². The Bertz CT molecular complexity index is 573.